The molecule has 0 unspecified atom stereocenters. The molecule has 0 radical (unpaired) electrons. The molecule has 0 atom stereocenters. The Labute approximate surface area is 125 Å². The zero-order chi connectivity index (χ0) is 14.8. The van der Waals surface area contributed by atoms with E-state index in [2.05, 4.69) is 4.99 Å². The summed E-state index contributed by atoms with van der Waals surface area (Å²) in [6.07, 6.45) is 0. The van der Waals surface area contributed by atoms with E-state index >= 15 is 0 Å². The minimum absolute atomic E-state index is 0.408. The molecule has 0 amide bonds. The molecule has 1 heterocycles. The van der Waals surface area contributed by atoms with Crippen LogP contribution in [0.3, 0.4) is 0 Å². The van der Waals surface area contributed by atoms with Gasteiger partial charge in [0.25, 0.3) is 0 Å². The number of halogens is 2. The fourth-order valence-electron chi connectivity index (χ4n) is 2.01. The average Bonchev–Trinajstić information content (AvgIpc) is 2.48. The van der Waals surface area contributed by atoms with Crippen molar-refractivity contribution in [3.8, 4) is 5.75 Å². The van der Waals surface area contributed by atoms with E-state index in [0.29, 0.717) is 12.4 Å². The number of fused-ring (bicyclic) bond motifs is 1. The maximum atomic E-state index is 13.1. The molecule has 0 spiro atoms. The monoisotopic (exact) mass is 305 g/mol. The molecule has 0 saturated heterocycles. The summed E-state index contributed by atoms with van der Waals surface area (Å²) in [4.78, 5) is 4.53. The van der Waals surface area contributed by atoms with Gasteiger partial charge in [0.2, 0.25) is 0 Å². The van der Waals surface area contributed by atoms with Crippen LogP contribution in [0.1, 0.15) is 11.1 Å². The van der Waals surface area contributed by atoms with Crippen LogP contribution in [0.25, 0.3) is 0 Å². The minimum Gasteiger partial charge on any atom is -0.484 e. The SMILES string of the molecule is Cc1ccc2c(c1)OCC(SCc1ccc(F)c(F)c1)=N2. The molecule has 1 aliphatic heterocycles. The normalized spacial score (nSPS) is 13.4. The van der Waals surface area contributed by atoms with Crippen molar-refractivity contribution in [1.82, 2.24) is 0 Å². The third kappa shape index (κ3) is 3.24. The van der Waals surface area contributed by atoms with Crippen LogP contribution in [-0.4, -0.2) is 11.7 Å². The Morgan fingerprint density at radius 3 is 2.81 bits per heavy atom. The number of hydrogen-bond donors (Lipinski definition) is 0. The van der Waals surface area contributed by atoms with E-state index in [0.717, 1.165) is 33.7 Å². The van der Waals surface area contributed by atoms with E-state index in [4.69, 9.17) is 4.74 Å². The van der Waals surface area contributed by atoms with Crippen molar-refractivity contribution in [3.63, 3.8) is 0 Å². The standard InChI is InChI=1S/C16H13F2NOS/c1-10-2-5-14-15(6-10)20-8-16(19-14)21-9-11-3-4-12(17)13(18)7-11/h2-7H,8-9H2,1H3. The highest BCUT2D eigenvalue weighted by Gasteiger charge is 2.14. The highest BCUT2D eigenvalue weighted by atomic mass is 32.2. The number of thioether (sulfide) groups is 1. The third-order valence-electron chi connectivity index (χ3n) is 3.10. The number of benzene rings is 2. The van der Waals surface area contributed by atoms with E-state index in [-0.39, 0.29) is 0 Å². The van der Waals surface area contributed by atoms with Crippen LogP contribution < -0.4 is 4.74 Å². The fourth-order valence-corrected chi connectivity index (χ4v) is 2.82. The summed E-state index contributed by atoms with van der Waals surface area (Å²) in [5.74, 6) is -0.338. The van der Waals surface area contributed by atoms with Gasteiger partial charge in [-0.3, -0.25) is 0 Å². The van der Waals surface area contributed by atoms with Gasteiger partial charge in [-0.15, -0.1) is 11.8 Å². The molecule has 108 valence electrons. The summed E-state index contributed by atoms with van der Waals surface area (Å²) in [7, 11) is 0. The van der Waals surface area contributed by atoms with Crippen molar-refractivity contribution >= 4 is 22.5 Å². The van der Waals surface area contributed by atoms with E-state index in [9.17, 15) is 8.78 Å². The van der Waals surface area contributed by atoms with Gasteiger partial charge in [0.05, 0.1) is 0 Å². The lowest BCUT2D eigenvalue weighted by molar-refractivity contribution is 0.375. The Morgan fingerprint density at radius 1 is 1.14 bits per heavy atom. The molecule has 0 N–H and O–H groups in total. The second-order valence-corrected chi connectivity index (χ2v) is 5.85. The summed E-state index contributed by atoms with van der Waals surface area (Å²) in [6.45, 7) is 2.41. The van der Waals surface area contributed by atoms with E-state index < -0.39 is 11.6 Å². The van der Waals surface area contributed by atoms with Gasteiger partial charge in [-0.25, -0.2) is 13.8 Å². The molecule has 0 fully saturated rings. The third-order valence-corrected chi connectivity index (χ3v) is 4.12. The largest absolute Gasteiger partial charge is 0.484 e. The smallest absolute Gasteiger partial charge is 0.159 e. The molecular formula is C16H13F2NOS. The molecule has 0 aromatic heterocycles. The Hall–Kier alpha value is -1.88. The fraction of sp³-hybridized carbons (Fsp3) is 0.188. The van der Waals surface area contributed by atoms with Gasteiger partial charge in [0, 0.05) is 5.75 Å². The van der Waals surface area contributed by atoms with Crippen molar-refractivity contribution in [2.24, 2.45) is 4.99 Å². The van der Waals surface area contributed by atoms with Crippen LogP contribution in [0.4, 0.5) is 14.5 Å². The van der Waals surface area contributed by atoms with Gasteiger partial charge in [-0.1, -0.05) is 12.1 Å². The number of nitrogens with zero attached hydrogens (tertiary/aromatic N) is 1. The number of hydrogen-bond acceptors (Lipinski definition) is 3. The first-order chi connectivity index (χ1) is 10.1. The van der Waals surface area contributed by atoms with E-state index in [1.165, 1.54) is 17.8 Å². The zero-order valence-corrected chi connectivity index (χ0v) is 12.2. The van der Waals surface area contributed by atoms with E-state index in [1.807, 2.05) is 25.1 Å². The number of ether oxygens (including phenoxy) is 1. The van der Waals surface area contributed by atoms with Gasteiger partial charge in [-0.2, -0.15) is 0 Å². The molecule has 1 aliphatic rings. The van der Waals surface area contributed by atoms with Crippen LogP contribution in [-0.2, 0) is 5.75 Å². The Balaban J connectivity index is 1.71. The first-order valence-corrected chi connectivity index (χ1v) is 7.48. The summed E-state index contributed by atoms with van der Waals surface area (Å²) in [6, 6.07) is 9.78. The van der Waals surface area contributed by atoms with Crippen LogP contribution in [0.2, 0.25) is 0 Å². The van der Waals surface area contributed by atoms with Crippen molar-refractivity contribution in [1.29, 1.82) is 0 Å². The number of aryl methyl sites for hydroxylation is 1. The van der Waals surface area contributed by atoms with Gasteiger partial charge >= 0.3 is 0 Å². The molecule has 3 rings (SSSR count). The lowest BCUT2D eigenvalue weighted by Crippen LogP contribution is -2.12. The molecule has 21 heavy (non-hydrogen) atoms. The van der Waals surface area contributed by atoms with Crippen molar-refractivity contribution in [2.75, 3.05) is 6.61 Å². The average molecular weight is 305 g/mol. The Morgan fingerprint density at radius 2 is 2.00 bits per heavy atom. The van der Waals surface area contributed by atoms with Gasteiger partial charge < -0.3 is 4.74 Å². The van der Waals surface area contributed by atoms with Crippen molar-refractivity contribution in [3.05, 3.63) is 59.2 Å². The summed E-state index contributed by atoms with van der Waals surface area (Å²) < 4.78 is 31.7. The molecule has 0 aliphatic carbocycles. The van der Waals surface area contributed by atoms with Crippen LogP contribution in [0, 0.1) is 18.6 Å². The van der Waals surface area contributed by atoms with Crippen LogP contribution in [0.15, 0.2) is 41.4 Å². The zero-order valence-electron chi connectivity index (χ0n) is 11.4. The van der Waals surface area contributed by atoms with E-state index in [1.54, 1.807) is 6.07 Å². The molecular weight excluding hydrogens is 292 g/mol. The van der Waals surface area contributed by atoms with Crippen molar-refractivity contribution < 1.29 is 13.5 Å². The van der Waals surface area contributed by atoms with Gasteiger partial charge in [0.15, 0.2) is 11.6 Å². The highest BCUT2D eigenvalue weighted by molar-refractivity contribution is 8.13. The maximum absolute atomic E-state index is 13.1. The Bertz CT molecular complexity index is 715. The minimum atomic E-state index is -0.827. The second kappa shape index (κ2) is 5.85. The lowest BCUT2D eigenvalue weighted by atomic mass is 10.2. The topological polar surface area (TPSA) is 21.6 Å². The quantitative estimate of drug-likeness (QED) is 0.807. The van der Waals surface area contributed by atoms with Crippen molar-refractivity contribution in [2.45, 2.75) is 12.7 Å². The predicted molar refractivity (Wildman–Crippen MR) is 81.4 cm³/mol. The summed E-state index contributed by atoms with van der Waals surface area (Å²) in [5, 5.41) is 0.830. The highest BCUT2D eigenvalue weighted by Crippen LogP contribution is 2.33. The molecule has 0 bridgehead atoms. The molecule has 0 saturated carbocycles. The van der Waals surface area contributed by atoms with Crippen LogP contribution in [0.5, 0.6) is 5.75 Å². The number of aliphatic imine (C=N–C) groups is 1. The molecule has 2 nitrogen and oxygen atoms in total. The molecule has 2 aromatic carbocycles. The number of rotatable bonds is 2. The molecule has 5 heteroatoms. The second-order valence-electron chi connectivity index (χ2n) is 4.80. The summed E-state index contributed by atoms with van der Waals surface area (Å²) in [5.41, 5.74) is 2.65. The first-order valence-electron chi connectivity index (χ1n) is 6.49. The first kappa shape index (κ1) is 14.1. The van der Waals surface area contributed by atoms with Gasteiger partial charge in [-0.05, 0) is 42.3 Å². The maximum Gasteiger partial charge on any atom is 0.159 e. The van der Waals surface area contributed by atoms with Gasteiger partial charge in [0.1, 0.15) is 23.1 Å². The van der Waals surface area contributed by atoms with Crippen LogP contribution >= 0.6 is 11.8 Å². The Kier molecular flexibility index (Phi) is 3.92. The predicted octanol–water partition coefficient (Wildman–Crippen LogP) is 4.63. The molecule has 2 aromatic rings. The summed E-state index contributed by atoms with van der Waals surface area (Å²) >= 11 is 1.47. The lowest BCUT2D eigenvalue weighted by Gasteiger charge is -2.17.